The first-order chi connectivity index (χ1) is 8.08. The maximum absolute atomic E-state index is 12.0. The van der Waals surface area contributed by atoms with Gasteiger partial charge in [0.15, 0.2) is 0 Å². The minimum Gasteiger partial charge on any atom is -0.341 e. The molecule has 3 nitrogen and oxygen atoms in total. The van der Waals surface area contributed by atoms with Crippen LogP contribution in [0.5, 0.6) is 0 Å². The molecule has 1 rings (SSSR count). The zero-order chi connectivity index (χ0) is 12.9. The second-order valence-electron chi connectivity index (χ2n) is 5.16. The Morgan fingerprint density at radius 2 is 1.94 bits per heavy atom. The number of rotatable bonds is 5. The maximum atomic E-state index is 12.0. The van der Waals surface area contributed by atoms with Crippen LogP contribution in [0, 0.1) is 5.41 Å². The van der Waals surface area contributed by atoms with Crippen LogP contribution in [0.25, 0.3) is 0 Å². The monoisotopic (exact) mass is 238 g/mol. The molecule has 1 aliphatic rings. The second-order valence-corrected chi connectivity index (χ2v) is 5.16. The number of amides is 1. The van der Waals surface area contributed by atoms with Crippen molar-refractivity contribution in [3.05, 3.63) is 12.7 Å². The fourth-order valence-electron chi connectivity index (χ4n) is 2.67. The van der Waals surface area contributed by atoms with Crippen molar-refractivity contribution in [3.63, 3.8) is 0 Å². The fourth-order valence-corrected chi connectivity index (χ4v) is 2.67. The van der Waals surface area contributed by atoms with Crippen LogP contribution in [0.3, 0.4) is 0 Å². The molecule has 3 heteroatoms. The zero-order valence-corrected chi connectivity index (χ0v) is 11.2. The largest absolute Gasteiger partial charge is 0.341 e. The van der Waals surface area contributed by atoms with E-state index in [2.05, 4.69) is 20.4 Å². The molecule has 1 atom stereocenters. The SMILES string of the molecule is C=CCC(N)C(=O)N1CCC(CC)(CC)CC1. The Morgan fingerprint density at radius 1 is 1.41 bits per heavy atom. The van der Waals surface area contributed by atoms with Gasteiger partial charge in [-0.05, 0) is 24.7 Å². The van der Waals surface area contributed by atoms with E-state index >= 15 is 0 Å². The van der Waals surface area contributed by atoms with Gasteiger partial charge in [0, 0.05) is 13.1 Å². The summed E-state index contributed by atoms with van der Waals surface area (Å²) in [5.41, 5.74) is 6.29. The molecule has 1 amide bonds. The van der Waals surface area contributed by atoms with E-state index in [9.17, 15) is 4.79 Å². The normalized spacial score (nSPS) is 21.0. The van der Waals surface area contributed by atoms with E-state index in [-0.39, 0.29) is 5.91 Å². The van der Waals surface area contributed by atoms with Gasteiger partial charge in [0.25, 0.3) is 0 Å². The summed E-state index contributed by atoms with van der Waals surface area (Å²) in [5.74, 6) is 0.0886. The lowest BCUT2D eigenvalue weighted by Gasteiger charge is -2.41. The van der Waals surface area contributed by atoms with E-state index in [1.165, 1.54) is 12.8 Å². The summed E-state index contributed by atoms with van der Waals surface area (Å²) in [6.45, 7) is 9.87. The predicted molar refractivity (Wildman–Crippen MR) is 71.6 cm³/mol. The summed E-state index contributed by atoms with van der Waals surface area (Å²) < 4.78 is 0. The minimum atomic E-state index is -0.400. The van der Waals surface area contributed by atoms with Crippen molar-refractivity contribution in [1.29, 1.82) is 0 Å². The summed E-state index contributed by atoms with van der Waals surface area (Å²) in [5, 5.41) is 0. The van der Waals surface area contributed by atoms with E-state index in [1.54, 1.807) is 6.08 Å². The Kier molecular flexibility index (Phi) is 5.19. The molecule has 2 N–H and O–H groups in total. The highest BCUT2D eigenvalue weighted by atomic mass is 16.2. The Bertz CT molecular complexity index is 261. The number of piperidine rings is 1. The van der Waals surface area contributed by atoms with E-state index in [0.29, 0.717) is 11.8 Å². The van der Waals surface area contributed by atoms with E-state index in [0.717, 1.165) is 25.9 Å². The van der Waals surface area contributed by atoms with Gasteiger partial charge in [0.1, 0.15) is 0 Å². The van der Waals surface area contributed by atoms with Crippen LogP contribution in [-0.2, 0) is 4.79 Å². The molecule has 1 unspecified atom stereocenters. The van der Waals surface area contributed by atoms with Crippen molar-refractivity contribution < 1.29 is 4.79 Å². The number of nitrogens with two attached hydrogens (primary N) is 1. The average Bonchev–Trinajstić information content (AvgIpc) is 2.38. The summed E-state index contributed by atoms with van der Waals surface area (Å²) in [4.78, 5) is 14.0. The highest BCUT2D eigenvalue weighted by Gasteiger charge is 2.33. The van der Waals surface area contributed by atoms with Gasteiger partial charge in [0.05, 0.1) is 6.04 Å². The molecule has 1 heterocycles. The molecule has 0 spiro atoms. The highest BCUT2D eigenvalue weighted by molar-refractivity contribution is 5.81. The molecule has 0 saturated carbocycles. The van der Waals surface area contributed by atoms with Gasteiger partial charge >= 0.3 is 0 Å². The van der Waals surface area contributed by atoms with Gasteiger partial charge in [-0.3, -0.25) is 4.79 Å². The van der Waals surface area contributed by atoms with Crippen LogP contribution in [-0.4, -0.2) is 29.9 Å². The van der Waals surface area contributed by atoms with E-state index in [1.807, 2.05) is 4.90 Å². The van der Waals surface area contributed by atoms with Gasteiger partial charge in [-0.25, -0.2) is 0 Å². The van der Waals surface area contributed by atoms with Crippen LogP contribution in [0.15, 0.2) is 12.7 Å². The van der Waals surface area contributed by atoms with Crippen molar-refractivity contribution >= 4 is 5.91 Å². The van der Waals surface area contributed by atoms with Gasteiger partial charge < -0.3 is 10.6 Å². The fraction of sp³-hybridized carbons (Fsp3) is 0.786. The number of carbonyl (C=O) groups excluding carboxylic acids is 1. The van der Waals surface area contributed by atoms with Crippen LogP contribution in [0.4, 0.5) is 0 Å². The summed E-state index contributed by atoms with van der Waals surface area (Å²) in [6, 6.07) is -0.400. The summed E-state index contributed by atoms with van der Waals surface area (Å²) in [6.07, 6.45) is 6.95. The quantitative estimate of drug-likeness (QED) is 0.747. The molecule has 0 bridgehead atoms. The van der Waals surface area contributed by atoms with Gasteiger partial charge in [-0.2, -0.15) is 0 Å². The zero-order valence-electron chi connectivity index (χ0n) is 11.2. The van der Waals surface area contributed by atoms with Crippen LogP contribution >= 0.6 is 0 Å². The standard InChI is InChI=1S/C14H26N2O/c1-4-7-12(15)13(17)16-10-8-14(5-2,6-3)9-11-16/h4,12H,1,5-11,15H2,2-3H3. The first kappa shape index (κ1) is 14.2. The highest BCUT2D eigenvalue weighted by Crippen LogP contribution is 2.37. The van der Waals surface area contributed by atoms with Gasteiger partial charge in [-0.15, -0.1) is 6.58 Å². The number of hydrogen-bond donors (Lipinski definition) is 1. The Hall–Kier alpha value is -0.830. The predicted octanol–water partition coefficient (Wildman–Crippen LogP) is 2.32. The molecule has 0 aromatic rings. The third-order valence-electron chi connectivity index (χ3n) is 4.37. The number of nitrogens with zero attached hydrogens (tertiary/aromatic N) is 1. The first-order valence-electron chi connectivity index (χ1n) is 6.74. The van der Waals surface area contributed by atoms with E-state index < -0.39 is 6.04 Å². The molecule has 98 valence electrons. The molecular formula is C14H26N2O. The minimum absolute atomic E-state index is 0.0886. The van der Waals surface area contributed by atoms with Crippen molar-refractivity contribution in [1.82, 2.24) is 4.90 Å². The number of carbonyl (C=O) groups is 1. The lowest BCUT2D eigenvalue weighted by Crippen LogP contribution is -2.49. The summed E-state index contributed by atoms with van der Waals surface area (Å²) in [7, 11) is 0. The van der Waals surface area contributed by atoms with Crippen LogP contribution < -0.4 is 5.73 Å². The van der Waals surface area contributed by atoms with Crippen molar-refractivity contribution in [2.45, 2.75) is 52.0 Å². The molecule has 0 aromatic heterocycles. The first-order valence-corrected chi connectivity index (χ1v) is 6.74. The van der Waals surface area contributed by atoms with Crippen molar-refractivity contribution in [2.75, 3.05) is 13.1 Å². The topological polar surface area (TPSA) is 46.3 Å². The molecule has 0 aliphatic carbocycles. The van der Waals surface area contributed by atoms with Crippen molar-refractivity contribution in [2.24, 2.45) is 11.1 Å². The van der Waals surface area contributed by atoms with Crippen LogP contribution in [0.2, 0.25) is 0 Å². The van der Waals surface area contributed by atoms with Crippen molar-refractivity contribution in [3.8, 4) is 0 Å². The smallest absolute Gasteiger partial charge is 0.239 e. The van der Waals surface area contributed by atoms with Gasteiger partial charge in [-0.1, -0.05) is 32.8 Å². The Morgan fingerprint density at radius 3 is 2.35 bits per heavy atom. The molecular weight excluding hydrogens is 212 g/mol. The summed E-state index contributed by atoms with van der Waals surface area (Å²) >= 11 is 0. The third kappa shape index (κ3) is 3.32. The molecule has 0 aromatic carbocycles. The molecule has 1 fully saturated rings. The maximum Gasteiger partial charge on any atom is 0.239 e. The molecule has 0 radical (unpaired) electrons. The molecule has 1 saturated heterocycles. The lowest BCUT2D eigenvalue weighted by molar-refractivity contribution is -0.135. The molecule has 17 heavy (non-hydrogen) atoms. The molecule has 1 aliphatic heterocycles. The third-order valence-corrected chi connectivity index (χ3v) is 4.37. The Labute approximate surface area is 105 Å². The van der Waals surface area contributed by atoms with E-state index in [4.69, 9.17) is 5.73 Å². The Balaban J connectivity index is 2.51. The number of hydrogen-bond acceptors (Lipinski definition) is 2. The average molecular weight is 238 g/mol. The second kappa shape index (κ2) is 6.20. The van der Waals surface area contributed by atoms with Crippen LogP contribution in [0.1, 0.15) is 46.0 Å². The van der Waals surface area contributed by atoms with Gasteiger partial charge in [0.2, 0.25) is 5.91 Å². The number of likely N-dealkylation sites (tertiary alicyclic amines) is 1. The lowest BCUT2D eigenvalue weighted by atomic mass is 9.74.